The van der Waals surface area contributed by atoms with E-state index < -0.39 is 0 Å². The van der Waals surface area contributed by atoms with Crippen LogP contribution in [0.25, 0.3) is 0 Å². The average molecular weight is 284 g/mol. The number of nitrogens with zero attached hydrogens (tertiary/aromatic N) is 1. The molecule has 1 aromatic rings. The van der Waals surface area contributed by atoms with Gasteiger partial charge < -0.3 is 14.4 Å². The fourth-order valence-corrected chi connectivity index (χ4v) is 2.14. The van der Waals surface area contributed by atoms with Gasteiger partial charge in [-0.2, -0.15) is 0 Å². The number of ether oxygens (including phenoxy) is 2. The van der Waals surface area contributed by atoms with Crippen molar-refractivity contribution in [3.63, 3.8) is 0 Å². The minimum Gasteiger partial charge on any atom is -0.484 e. The second kappa shape index (κ2) is 6.26. The maximum absolute atomic E-state index is 12.1. The van der Waals surface area contributed by atoms with E-state index in [-0.39, 0.29) is 24.7 Å². The molecule has 4 nitrogen and oxygen atoms in total. The van der Waals surface area contributed by atoms with Crippen molar-refractivity contribution in [2.75, 3.05) is 19.8 Å². The number of hydrogen-bond acceptors (Lipinski definition) is 3. The van der Waals surface area contributed by atoms with Crippen molar-refractivity contribution < 1.29 is 14.3 Å². The highest BCUT2D eigenvalue weighted by Crippen LogP contribution is 2.16. The summed E-state index contributed by atoms with van der Waals surface area (Å²) in [7, 11) is 0. The molecular formula is C14H18ClNO3. The first kappa shape index (κ1) is 14.2. The molecule has 0 radical (unpaired) electrons. The van der Waals surface area contributed by atoms with Crippen LogP contribution in [0.15, 0.2) is 24.3 Å². The standard InChI is InChI=1S/C14H18ClNO3/c1-10-8-18-11(2)7-16(10)14(17)9-19-13-5-3-12(15)4-6-13/h3-6,10-11H,7-9H2,1-2H3. The zero-order chi connectivity index (χ0) is 13.8. The Balaban J connectivity index is 1.88. The summed E-state index contributed by atoms with van der Waals surface area (Å²) in [4.78, 5) is 13.9. The third-order valence-electron chi connectivity index (χ3n) is 3.10. The number of benzene rings is 1. The van der Waals surface area contributed by atoms with Gasteiger partial charge in [-0.05, 0) is 38.1 Å². The smallest absolute Gasteiger partial charge is 0.260 e. The molecule has 0 N–H and O–H groups in total. The van der Waals surface area contributed by atoms with E-state index in [1.165, 1.54) is 0 Å². The molecule has 1 aromatic carbocycles. The van der Waals surface area contributed by atoms with Crippen molar-refractivity contribution in [1.82, 2.24) is 4.90 Å². The van der Waals surface area contributed by atoms with E-state index >= 15 is 0 Å². The van der Waals surface area contributed by atoms with Crippen LogP contribution in [-0.2, 0) is 9.53 Å². The Kier molecular flexibility index (Phi) is 4.66. The fourth-order valence-electron chi connectivity index (χ4n) is 2.01. The fraction of sp³-hybridized carbons (Fsp3) is 0.500. The Bertz CT molecular complexity index is 435. The maximum Gasteiger partial charge on any atom is 0.260 e. The summed E-state index contributed by atoms with van der Waals surface area (Å²) in [5.41, 5.74) is 0. The van der Waals surface area contributed by atoms with E-state index in [0.29, 0.717) is 23.9 Å². The lowest BCUT2D eigenvalue weighted by atomic mass is 10.2. The van der Waals surface area contributed by atoms with E-state index in [2.05, 4.69) is 0 Å². The molecule has 1 saturated heterocycles. The maximum atomic E-state index is 12.1. The molecule has 1 aliphatic rings. The lowest BCUT2D eigenvalue weighted by Gasteiger charge is -2.36. The molecule has 0 spiro atoms. The molecule has 2 rings (SSSR count). The number of rotatable bonds is 3. The first-order valence-corrected chi connectivity index (χ1v) is 6.73. The quantitative estimate of drug-likeness (QED) is 0.855. The van der Waals surface area contributed by atoms with Gasteiger partial charge in [0.1, 0.15) is 5.75 Å². The second-order valence-electron chi connectivity index (χ2n) is 4.78. The summed E-state index contributed by atoms with van der Waals surface area (Å²) in [6, 6.07) is 7.07. The molecule has 104 valence electrons. The highest BCUT2D eigenvalue weighted by molar-refractivity contribution is 6.30. The van der Waals surface area contributed by atoms with E-state index in [1.807, 2.05) is 18.7 Å². The van der Waals surface area contributed by atoms with Crippen LogP contribution in [0.5, 0.6) is 5.75 Å². The normalized spacial score (nSPS) is 23.2. The summed E-state index contributed by atoms with van der Waals surface area (Å²) in [6.45, 7) is 5.18. The van der Waals surface area contributed by atoms with Crippen LogP contribution in [-0.4, -0.2) is 42.7 Å². The zero-order valence-electron chi connectivity index (χ0n) is 11.1. The van der Waals surface area contributed by atoms with Crippen molar-refractivity contribution in [2.24, 2.45) is 0 Å². The zero-order valence-corrected chi connectivity index (χ0v) is 11.9. The Morgan fingerprint density at radius 2 is 2.11 bits per heavy atom. The van der Waals surface area contributed by atoms with E-state index in [1.54, 1.807) is 24.3 Å². The summed E-state index contributed by atoms with van der Waals surface area (Å²) >= 11 is 5.79. The summed E-state index contributed by atoms with van der Waals surface area (Å²) < 4.78 is 11.0. The Morgan fingerprint density at radius 3 is 2.79 bits per heavy atom. The molecule has 1 aliphatic heterocycles. The number of amides is 1. The highest BCUT2D eigenvalue weighted by atomic mass is 35.5. The predicted molar refractivity (Wildman–Crippen MR) is 73.5 cm³/mol. The van der Waals surface area contributed by atoms with Gasteiger partial charge in [-0.3, -0.25) is 4.79 Å². The van der Waals surface area contributed by atoms with Gasteiger partial charge in [0.25, 0.3) is 5.91 Å². The number of carbonyl (C=O) groups is 1. The molecule has 1 fully saturated rings. The van der Waals surface area contributed by atoms with Crippen molar-refractivity contribution in [2.45, 2.75) is 26.0 Å². The van der Waals surface area contributed by atoms with Crippen LogP contribution >= 0.6 is 11.6 Å². The largest absolute Gasteiger partial charge is 0.484 e. The third kappa shape index (κ3) is 3.85. The molecule has 0 aromatic heterocycles. The van der Waals surface area contributed by atoms with Crippen LogP contribution in [0, 0.1) is 0 Å². The van der Waals surface area contributed by atoms with Crippen LogP contribution in [0.4, 0.5) is 0 Å². The monoisotopic (exact) mass is 283 g/mol. The number of halogens is 1. The molecule has 0 bridgehead atoms. The highest BCUT2D eigenvalue weighted by Gasteiger charge is 2.27. The molecule has 2 unspecified atom stereocenters. The predicted octanol–water partition coefficient (Wildman–Crippen LogP) is 2.35. The van der Waals surface area contributed by atoms with E-state index in [0.717, 1.165) is 0 Å². The van der Waals surface area contributed by atoms with Crippen molar-refractivity contribution >= 4 is 17.5 Å². The van der Waals surface area contributed by atoms with Gasteiger partial charge in [0.15, 0.2) is 6.61 Å². The molecule has 0 aliphatic carbocycles. The van der Waals surface area contributed by atoms with E-state index in [9.17, 15) is 4.79 Å². The molecule has 2 atom stereocenters. The second-order valence-corrected chi connectivity index (χ2v) is 5.22. The molecule has 5 heteroatoms. The third-order valence-corrected chi connectivity index (χ3v) is 3.36. The Morgan fingerprint density at radius 1 is 1.42 bits per heavy atom. The number of carbonyl (C=O) groups excluding carboxylic acids is 1. The van der Waals surface area contributed by atoms with Gasteiger partial charge in [0.2, 0.25) is 0 Å². The molecule has 0 saturated carbocycles. The van der Waals surface area contributed by atoms with Gasteiger partial charge >= 0.3 is 0 Å². The minimum absolute atomic E-state index is 0.0161. The molecule has 1 amide bonds. The van der Waals surface area contributed by atoms with Gasteiger partial charge in [0.05, 0.1) is 18.8 Å². The number of hydrogen-bond donors (Lipinski definition) is 0. The SMILES string of the molecule is CC1CN(C(=O)COc2ccc(Cl)cc2)C(C)CO1. The van der Waals surface area contributed by atoms with E-state index in [4.69, 9.17) is 21.1 Å². The first-order chi connectivity index (χ1) is 9.06. The van der Waals surface area contributed by atoms with Crippen LogP contribution in [0.2, 0.25) is 5.02 Å². The van der Waals surface area contributed by atoms with Crippen LogP contribution < -0.4 is 4.74 Å². The first-order valence-electron chi connectivity index (χ1n) is 6.35. The Hall–Kier alpha value is -1.26. The van der Waals surface area contributed by atoms with Gasteiger partial charge in [-0.15, -0.1) is 0 Å². The summed E-state index contributed by atoms with van der Waals surface area (Å²) in [6.07, 6.45) is 0.0793. The van der Waals surface area contributed by atoms with Gasteiger partial charge in [0, 0.05) is 11.6 Å². The van der Waals surface area contributed by atoms with Crippen molar-refractivity contribution in [1.29, 1.82) is 0 Å². The lowest BCUT2D eigenvalue weighted by Crippen LogP contribution is -2.51. The molecule has 19 heavy (non-hydrogen) atoms. The summed E-state index contributed by atoms with van der Waals surface area (Å²) in [5.74, 6) is 0.629. The summed E-state index contributed by atoms with van der Waals surface area (Å²) in [5, 5.41) is 0.648. The lowest BCUT2D eigenvalue weighted by molar-refractivity contribution is -0.145. The minimum atomic E-state index is -0.0161. The topological polar surface area (TPSA) is 38.8 Å². The van der Waals surface area contributed by atoms with Crippen LogP contribution in [0.1, 0.15) is 13.8 Å². The Labute approximate surface area is 118 Å². The molecule has 1 heterocycles. The molecular weight excluding hydrogens is 266 g/mol. The average Bonchev–Trinajstić information content (AvgIpc) is 2.40. The van der Waals surface area contributed by atoms with Gasteiger partial charge in [-0.1, -0.05) is 11.6 Å². The van der Waals surface area contributed by atoms with Crippen molar-refractivity contribution in [3.05, 3.63) is 29.3 Å². The van der Waals surface area contributed by atoms with Crippen LogP contribution in [0.3, 0.4) is 0 Å². The van der Waals surface area contributed by atoms with Crippen molar-refractivity contribution in [3.8, 4) is 5.75 Å². The van der Waals surface area contributed by atoms with Gasteiger partial charge in [-0.25, -0.2) is 0 Å². The number of morpholine rings is 1.